The molecule has 7 heteroatoms. The number of esters is 1. The van der Waals surface area contributed by atoms with E-state index in [-0.39, 0.29) is 18.1 Å². The van der Waals surface area contributed by atoms with Crippen LogP contribution < -0.4 is 0 Å². The average molecular weight is 234 g/mol. The number of aromatic nitrogens is 4. The molecule has 0 aliphatic rings. The molecule has 1 N–H and O–H groups in total. The van der Waals surface area contributed by atoms with Gasteiger partial charge in [-0.3, -0.25) is 0 Å². The molecule has 0 aliphatic carbocycles. The van der Waals surface area contributed by atoms with Crippen molar-refractivity contribution < 1.29 is 14.6 Å². The van der Waals surface area contributed by atoms with Crippen LogP contribution >= 0.6 is 0 Å². The first-order valence-corrected chi connectivity index (χ1v) is 4.83. The van der Waals surface area contributed by atoms with E-state index in [2.05, 4.69) is 20.1 Å². The summed E-state index contributed by atoms with van der Waals surface area (Å²) in [6.45, 7) is -0.114. The van der Waals surface area contributed by atoms with Gasteiger partial charge in [-0.2, -0.15) is 4.80 Å². The van der Waals surface area contributed by atoms with Gasteiger partial charge in [0.1, 0.15) is 5.75 Å². The Morgan fingerprint density at radius 2 is 2.24 bits per heavy atom. The molecule has 1 aromatic carbocycles. The highest BCUT2D eigenvalue weighted by Crippen LogP contribution is 2.24. The van der Waals surface area contributed by atoms with Crippen LogP contribution in [-0.2, 0) is 16.1 Å². The SMILES string of the molecule is COC(=O)Cn1nnc(-c2ccccc2O)n1. The van der Waals surface area contributed by atoms with Crippen LogP contribution in [0.15, 0.2) is 24.3 Å². The number of rotatable bonds is 3. The lowest BCUT2D eigenvalue weighted by atomic mass is 10.2. The summed E-state index contributed by atoms with van der Waals surface area (Å²) in [7, 11) is 1.28. The Morgan fingerprint density at radius 1 is 1.47 bits per heavy atom. The number of hydrogen-bond donors (Lipinski definition) is 1. The lowest BCUT2D eigenvalue weighted by molar-refractivity contribution is -0.141. The second kappa shape index (κ2) is 4.60. The van der Waals surface area contributed by atoms with Crippen molar-refractivity contribution in [2.45, 2.75) is 6.54 Å². The molecule has 0 aliphatic heterocycles. The Labute approximate surface area is 96.6 Å². The third-order valence-corrected chi connectivity index (χ3v) is 2.10. The first kappa shape index (κ1) is 11.1. The van der Waals surface area contributed by atoms with Crippen molar-refractivity contribution in [2.75, 3.05) is 7.11 Å². The van der Waals surface area contributed by atoms with Crippen molar-refractivity contribution in [1.29, 1.82) is 0 Å². The first-order chi connectivity index (χ1) is 8.20. The maximum absolute atomic E-state index is 11.0. The summed E-state index contributed by atoms with van der Waals surface area (Å²) in [4.78, 5) is 12.1. The molecule has 0 unspecified atom stereocenters. The Morgan fingerprint density at radius 3 is 2.94 bits per heavy atom. The quantitative estimate of drug-likeness (QED) is 0.764. The minimum absolute atomic E-state index is 0.0603. The van der Waals surface area contributed by atoms with E-state index in [4.69, 9.17) is 0 Å². The number of phenols is 1. The summed E-state index contributed by atoms with van der Waals surface area (Å²) in [5, 5.41) is 21.0. The van der Waals surface area contributed by atoms with E-state index in [1.807, 2.05) is 0 Å². The maximum atomic E-state index is 11.0. The van der Waals surface area contributed by atoms with E-state index in [0.717, 1.165) is 4.80 Å². The topological polar surface area (TPSA) is 90.1 Å². The van der Waals surface area contributed by atoms with Gasteiger partial charge >= 0.3 is 5.97 Å². The second-order valence-corrected chi connectivity index (χ2v) is 3.24. The average Bonchev–Trinajstić information content (AvgIpc) is 2.78. The Hall–Kier alpha value is -2.44. The smallest absolute Gasteiger partial charge is 0.329 e. The molecule has 0 radical (unpaired) electrons. The summed E-state index contributed by atoms with van der Waals surface area (Å²) in [6, 6.07) is 6.62. The van der Waals surface area contributed by atoms with Crippen LogP contribution in [0.4, 0.5) is 0 Å². The van der Waals surface area contributed by atoms with Crippen molar-refractivity contribution in [3.8, 4) is 17.1 Å². The van der Waals surface area contributed by atoms with Gasteiger partial charge in [-0.25, -0.2) is 4.79 Å². The van der Waals surface area contributed by atoms with E-state index < -0.39 is 5.97 Å². The van der Waals surface area contributed by atoms with Gasteiger partial charge in [0.15, 0.2) is 6.54 Å². The van der Waals surface area contributed by atoms with Crippen molar-refractivity contribution in [2.24, 2.45) is 0 Å². The van der Waals surface area contributed by atoms with Gasteiger partial charge < -0.3 is 9.84 Å². The Kier molecular flexibility index (Phi) is 2.99. The van der Waals surface area contributed by atoms with Crippen molar-refractivity contribution >= 4 is 5.97 Å². The molecule has 0 saturated carbocycles. The molecule has 0 bridgehead atoms. The molecule has 2 aromatic rings. The zero-order valence-corrected chi connectivity index (χ0v) is 9.07. The molecule has 0 fully saturated rings. The number of ether oxygens (including phenoxy) is 1. The van der Waals surface area contributed by atoms with Crippen LogP contribution in [0.5, 0.6) is 5.75 Å². The molecule has 17 heavy (non-hydrogen) atoms. The number of phenolic OH excluding ortho intramolecular Hbond substituents is 1. The molecular weight excluding hydrogens is 224 g/mol. The molecule has 0 atom stereocenters. The summed E-state index contributed by atoms with van der Waals surface area (Å²) < 4.78 is 4.48. The van der Waals surface area contributed by atoms with E-state index in [1.54, 1.807) is 18.2 Å². The van der Waals surface area contributed by atoms with Crippen LogP contribution in [0.2, 0.25) is 0 Å². The third kappa shape index (κ3) is 2.39. The number of nitrogens with zero attached hydrogens (tertiary/aromatic N) is 4. The highest BCUT2D eigenvalue weighted by molar-refractivity contribution is 5.68. The van der Waals surface area contributed by atoms with Crippen LogP contribution in [0.3, 0.4) is 0 Å². The van der Waals surface area contributed by atoms with Crippen LogP contribution in [-0.4, -0.2) is 38.4 Å². The van der Waals surface area contributed by atoms with Crippen molar-refractivity contribution in [3.63, 3.8) is 0 Å². The van der Waals surface area contributed by atoms with Crippen LogP contribution in [0.1, 0.15) is 0 Å². The largest absolute Gasteiger partial charge is 0.507 e. The summed E-state index contributed by atoms with van der Waals surface area (Å²) >= 11 is 0. The summed E-state index contributed by atoms with van der Waals surface area (Å²) in [5.41, 5.74) is 0.462. The molecule has 7 nitrogen and oxygen atoms in total. The highest BCUT2D eigenvalue weighted by Gasteiger charge is 2.11. The molecule has 0 amide bonds. The zero-order valence-electron chi connectivity index (χ0n) is 9.07. The number of methoxy groups -OCH3 is 1. The summed E-state index contributed by atoms with van der Waals surface area (Å²) in [6.07, 6.45) is 0. The van der Waals surface area contributed by atoms with Crippen LogP contribution in [0.25, 0.3) is 11.4 Å². The van der Waals surface area contributed by atoms with Crippen molar-refractivity contribution in [3.05, 3.63) is 24.3 Å². The van der Waals surface area contributed by atoms with Crippen molar-refractivity contribution in [1.82, 2.24) is 20.2 Å². The molecule has 0 spiro atoms. The predicted octanol–water partition coefficient (Wildman–Crippen LogP) is 0.219. The Balaban J connectivity index is 2.24. The van der Waals surface area contributed by atoms with Gasteiger partial charge in [0.25, 0.3) is 0 Å². The van der Waals surface area contributed by atoms with Gasteiger partial charge in [0, 0.05) is 0 Å². The second-order valence-electron chi connectivity index (χ2n) is 3.24. The maximum Gasteiger partial charge on any atom is 0.329 e. The fraction of sp³-hybridized carbons (Fsp3) is 0.200. The van der Waals surface area contributed by atoms with E-state index >= 15 is 0 Å². The van der Waals surface area contributed by atoms with E-state index in [0.29, 0.717) is 5.56 Å². The molecule has 1 aromatic heterocycles. The van der Waals surface area contributed by atoms with E-state index in [9.17, 15) is 9.90 Å². The summed E-state index contributed by atoms with van der Waals surface area (Å²) in [5.74, 6) is -0.150. The number of benzene rings is 1. The lowest BCUT2D eigenvalue weighted by Gasteiger charge is -1.98. The fourth-order valence-corrected chi connectivity index (χ4v) is 1.26. The first-order valence-electron chi connectivity index (χ1n) is 4.83. The number of carbonyl (C=O) groups is 1. The lowest BCUT2D eigenvalue weighted by Crippen LogP contribution is -2.14. The number of carbonyl (C=O) groups excluding carboxylic acids is 1. The third-order valence-electron chi connectivity index (χ3n) is 2.10. The standard InChI is InChI=1S/C10H10N4O3/c1-17-9(16)6-14-12-10(11-13-14)7-4-2-3-5-8(7)15/h2-5,15H,6H2,1H3. The van der Waals surface area contributed by atoms with Gasteiger partial charge in [-0.15, -0.1) is 10.2 Å². The van der Waals surface area contributed by atoms with Gasteiger partial charge in [-0.1, -0.05) is 12.1 Å². The van der Waals surface area contributed by atoms with Gasteiger partial charge in [0.05, 0.1) is 12.7 Å². The van der Waals surface area contributed by atoms with Gasteiger partial charge in [0.2, 0.25) is 5.82 Å². The molecule has 88 valence electrons. The highest BCUT2D eigenvalue weighted by atomic mass is 16.5. The molecule has 0 saturated heterocycles. The zero-order chi connectivity index (χ0) is 12.3. The normalized spacial score (nSPS) is 10.2. The number of tetrazole rings is 1. The predicted molar refractivity (Wildman–Crippen MR) is 56.9 cm³/mol. The molecule has 2 rings (SSSR count). The molecule has 1 heterocycles. The minimum atomic E-state index is -0.466. The fourth-order valence-electron chi connectivity index (χ4n) is 1.26. The number of para-hydroxylation sites is 1. The number of hydrogen-bond acceptors (Lipinski definition) is 6. The Bertz CT molecular complexity index is 538. The van der Waals surface area contributed by atoms with Crippen LogP contribution in [0, 0.1) is 0 Å². The number of aromatic hydroxyl groups is 1. The monoisotopic (exact) mass is 234 g/mol. The van der Waals surface area contributed by atoms with E-state index in [1.165, 1.54) is 13.2 Å². The molecular formula is C10H10N4O3. The minimum Gasteiger partial charge on any atom is -0.507 e. The van der Waals surface area contributed by atoms with Gasteiger partial charge in [-0.05, 0) is 17.3 Å².